The number of esters is 1. The van der Waals surface area contributed by atoms with Crippen molar-refractivity contribution in [3.8, 4) is 6.07 Å². The molecule has 1 saturated carbocycles. The van der Waals surface area contributed by atoms with Crippen molar-refractivity contribution in [2.75, 3.05) is 7.11 Å². The van der Waals surface area contributed by atoms with E-state index in [1.807, 2.05) is 6.07 Å². The van der Waals surface area contributed by atoms with Crippen LogP contribution < -0.4 is 0 Å². The van der Waals surface area contributed by atoms with Crippen molar-refractivity contribution in [3.63, 3.8) is 0 Å². The number of ether oxygens (including phenoxy) is 2. The predicted octanol–water partition coefficient (Wildman–Crippen LogP) is 4.17. The summed E-state index contributed by atoms with van der Waals surface area (Å²) in [6.45, 7) is 3.57. The SMILES string of the molecule is COCc1c(F)c(F)c(COC(=O)[C@@H]2C(C=C(C)C#N)C2(C)C)c(F)c1F. The van der Waals surface area contributed by atoms with Crippen molar-refractivity contribution in [2.24, 2.45) is 17.3 Å². The van der Waals surface area contributed by atoms with E-state index in [2.05, 4.69) is 4.74 Å². The van der Waals surface area contributed by atoms with Crippen molar-refractivity contribution in [1.29, 1.82) is 5.26 Å². The third-order valence-corrected chi connectivity index (χ3v) is 4.86. The first-order valence-corrected chi connectivity index (χ1v) is 8.15. The number of carbonyl (C=O) groups excluding carboxylic acids is 1. The van der Waals surface area contributed by atoms with E-state index in [1.54, 1.807) is 26.8 Å². The second-order valence-corrected chi connectivity index (χ2v) is 7.04. The molecule has 4 nitrogen and oxygen atoms in total. The first-order valence-electron chi connectivity index (χ1n) is 8.15. The summed E-state index contributed by atoms with van der Waals surface area (Å²) in [7, 11) is 1.13. The fourth-order valence-electron chi connectivity index (χ4n) is 3.10. The number of nitrogens with zero attached hydrogens (tertiary/aromatic N) is 1. The Bertz CT molecular complexity index is 813. The Morgan fingerprint density at radius 1 is 1.11 bits per heavy atom. The molecule has 2 atom stereocenters. The van der Waals surface area contributed by atoms with Crippen LogP contribution in [0.25, 0.3) is 0 Å². The lowest BCUT2D eigenvalue weighted by molar-refractivity contribution is -0.147. The van der Waals surface area contributed by atoms with Gasteiger partial charge in [-0.25, -0.2) is 17.6 Å². The number of benzene rings is 1. The van der Waals surface area contributed by atoms with Crippen LogP contribution in [0.3, 0.4) is 0 Å². The summed E-state index contributed by atoms with van der Waals surface area (Å²) in [6.07, 6.45) is 1.63. The Balaban J connectivity index is 2.18. The van der Waals surface area contributed by atoms with E-state index < -0.39 is 64.9 Å². The molecule has 0 saturated heterocycles. The molecule has 0 radical (unpaired) electrons. The highest BCUT2D eigenvalue weighted by molar-refractivity contribution is 5.78. The predicted molar refractivity (Wildman–Crippen MR) is 86.9 cm³/mol. The first kappa shape index (κ1) is 20.9. The molecule has 8 heteroatoms. The number of nitriles is 1. The lowest BCUT2D eigenvalue weighted by Gasteiger charge is -2.12. The van der Waals surface area contributed by atoms with Gasteiger partial charge in [0.2, 0.25) is 0 Å². The van der Waals surface area contributed by atoms with Crippen molar-refractivity contribution in [1.82, 2.24) is 0 Å². The van der Waals surface area contributed by atoms with Gasteiger partial charge in [0.05, 0.1) is 29.7 Å². The number of hydrogen-bond donors (Lipinski definition) is 0. The minimum absolute atomic E-state index is 0.267. The maximum Gasteiger partial charge on any atom is 0.310 e. The Labute approximate surface area is 154 Å². The first-order chi connectivity index (χ1) is 12.6. The van der Waals surface area contributed by atoms with Gasteiger partial charge in [-0.15, -0.1) is 0 Å². The van der Waals surface area contributed by atoms with E-state index in [0.29, 0.717) is 5.57 Å². The molecule has 1 aliphatic rings. The van der Waals surface area contributed by atoms with Crippen molar-refractivity contribution in [2.45, 2.75) is 34.0 Å². The van der Waals surface area contributed by atoms with E-state index in [-0.39, 0.29) is 5.92 Å². The molecule has 1 unspecified atom stereocenters. The van der Waals surface area contributed by atoms with Gasteiger partial charge in [0.25, 0.3) is 0 Å². The number of methoxy groups -OCH3 is 1. The van der Waals surface area contributed by atoms with Crippen LogP contribution in [0.5, 0.6) is 0 Å². The summed E-state index contributed by atoms with van der Waals surface area (Å²) in [5, 5.41) is 8.83. The topological polar surface area (TPSA) is 59.3 Å². The highest BCUT2D eigenvalue weighted by Gasteiger charge is 2.61. The average Bonchev–Trinajstić information content (AvgIpc) is 3.16. The molecule has 0 heterocycles. The van der Waals surface area contributed by atoms with Gasteiger partial charge in [-0.05, 0) is 18.3 Å². The molecule has 27 heavy (non-hydrogen) atoms. The largest absolute Gasteiger partial charge is 0.460 e. The van der Waals surface area contributed by atoms with E-state index in [9.17, 15) is 22.4 Å². The van der Waals surface area contributed by atoms with E-state index >= 15 is 0 Å². The highest BCUT2D eigenvalue weighted by atomic mass is 19.2. The molecule has 0 spiro atoms. The maximum absolute atomic E-state index is 14.1. The second kappa shape index (κ2) is 7.69. The molecule has 1 aromatic rings. The van der Waals surface area contributed by atoms with Crippen LogP contribution in [-0.2, 0) is 27.5 Å². The van der Waals surface area contributed by atoms with Crippen molar-refractivity contribution < 1.29 is 31.8 Å². The molecule has 1 aromatic carbocycles. The summed E-state index contributed by atoms with van der Waals surface area (Å²) >= 11 is 0. The molecule has 0 amide bonds. The zero-order chi connectivity index (χ0) is 20.5. The molecular formula is C19H19F4NO3. The Hall–Kier alpha value is -2.40. The van der Waals surface area contributed by atoms with Gasteiger partial charge in [-0.3, -0.25) is 4.79 Å². The minimum atomic E-state index is -1.62. The van der Waals surface area contributed by atoms with Gasteiger partial charge in [-0.1, -0.05) is 19.9 Å². The molecule has 0 N–H and O–H groups in total. The maximum atomic E-state index is 14.1. The monoisotopic (exact) mass is 385 g/mol. The fraction of sp³-hybridized carbons (Fsp3) is 0.474. The summed E-state index contributed by atoms with van der Waals surface area (Å²) in [5.41, 5.74) is -1.94. The van der Waals surface area contributed by atoms with Crippen LogP contribution in [0.4, 0.5) is 17.6 Å². The zero-order valence-electron chi connectivity index (χ0n) is 15.3. The summed E-state index contributed by atoms with van der Waals surface area (Å²) < 4.78 is 65.4. The number of allylic oxidation sites excluding steroid dienone is 2. The lowest BCUT2D eigenvalue weighted by atomic mass is 10.1. The summed E-state index contributed by atoms with van der Waals surface area (Å²) in [4.78, 5) is 12.2. The lowest BCUT2D eigenvalue weighted by Crippen LogP contribution is -2.15. The van der Waals surface area contributed by atoms with E-state index in [0.717, 1.165) is 7.11 Å². The second-order valence-electron chi connectivity index (χ2n) is 7.04. The van der Waals surface area contributed by atoms with Gasteiger partial charge in [0.1, 0.15) is 6.61 Å². The van der Waals surface area contributed by atoms with E-state index in [4.69, 9.17) is 10.00 Å². The smallest absolute Gasteiger partial charge is 0.310 e. The van der Waals surface area contributed by atoms with Crippen molar-refractivity contribution in [3.05, 3.63) is 46.0 Å². The highest BCUT2D eigenvalue weighted by Crippen LogP contribution is 2.59. The minimum Gasteiger partial charge on any atom is -0.460 e. The Kier molecular flexibility index (Phi) is 5.95. The molecule has 0 aromatic heterocycles. The number of rotatable bonds is 6. The van der Waals surface area contributed by atoms with Gasteiger partial charge >= 0.3 is 5.97 Å². The molecule has 146 valence electrons. The van der Waals surface area contributed by atoms with Crippen LogP contribution in [-0.4, -0.2) is 13.1 Å². The number of carbonyl (C=O) groups is 1. The molecule has 0 bridgehead atoms. The molecular weight excluding hydrogens is 366 g/mol. The van der Waals surface area contributed by atoms with Crippen LogP contribution >= 0.6 is 0 Å². The Morgan fingerprint density at radius 2 is 1.59 bits per heavy atom. The van der Waals surface area contributed by atoms with Gasteiger partial charge in [0, 0.05) is 12.7 Å². The van der Waals surface area contributed by atoms with Gasteiger partial charge in [-0.2, -0.15) is 5.26 Å². The standard InChI is InChI=1S/C19H19F4NO3/c1-9(6-24)5-12-13(19(12,2)3)18(25)27-8-11-16(22)14(20)10(7-26-4)15(21)17(11)23/h5,12-13H,7-8H2,1-4H3/t12?,13-/m0/s1. The zero-order valence-corrected chi connectivity index (χ0v) is 15.3. The third-order valence-electron chi connectivity index (χ3n) is 4.86. The summed E-state index contributed by atoms with van der Waals surface area (Å²) in [5.74, 6) is -8.06. The number of hydrogen-bond acceptors (Lipinski definition) is 4. The average molecular weight is 385 g/mol. The fourth-order valence-corrected chi connectivity index (χ4v) is 3.10. The molecule has 1 fully saturated rings. The van der Waals surface area contributed by atoms with E-state index in [1.165, 1.54) is 0 Å². The molecule has 0 aliphatic heterocycles. The quantitative estimate of drug-likeness (QED) is 0.319. The van der Waals surface area contributed by atoms with Crippen LogP contribution in [0.2, 0.25) is 0 Å². The van der Waals surface area contributed by atoms with Gasteiger partial charge in [0.15, 0.2) is 23.3 Å². The van der Waals surface area contributed by atoms with Gasteiger partial charge < -0.3 is 9.47 Å². The van der Waals surface area contributed by atoms with Crippen LogP contribution in [0.1, 0.15) is 31.9 Å². The van der Waals surface area contributed by atoms with Crippen LogP contribution in [0, 0.1) is 51.9 Å². The number of halogens is 4. The Morgan fingerprint density at radius 3 is 2.04 bits per heavy atom. The molecule has 2 rings (SSSR count). The third kappa shape index (κ3) is 3.83. The molecule has 1 aliphatic carbocycles. The summed E-state index contributed by atoms with van der Waals surface area (Å²) in [6, 6.07) is 1.95. The van der Waals surface area contributed by atoms with Crippen molar-refractivity contribution >= 4 is 5.97 Å². The van der Waals surface area contributed by atoms with Crippen LogP contribution in [0.15, 0.2) is 11.6 Å². The normalized spacial score (nSPS) is 20.9.